The fraction of sp³-hybridized carbons (Fsp3) is 0.455. The second-order valence-corrected chi connectivity index (χ2v) is 3.80. The molecule has 0 amide bonds. The Morgan fingerprint density at radius 2 is 1.69 bits per heavy atom. The minimum absolute atomic E-state index is 0. The van der Waals surface area contributed by atoms with Gasteiger partial charge in [-0.3, -0.25) is 0 Å². The monoisotopic (exact) mass is 182 g/mol. The average molecular weight is 182 g/mol. The molecule has 0 radical (unpaired) electrons. The van der Waals surface area contributed by atoms with Crippen molar-refractivity contribution < 1.29 is 10.6 Å². The van der Waals surface area contributed by atoms with Crippen molar-refractivity contribution in [2.75, 3.05) is 0 Å². The molecule has 3 N–H and O–H groups in total. The third-order valence-corrected chi connectivity index (χ3v) is 1.87. The van der Waals surface area contributed by atoms with Crippen LogP contribution in [0.15, 0.2) is 30.3 Å². The molecule has 1 rings (SSSR count). The summed E-state index contributed by atoms with van der Waals surface area (Å²) >= 11 is 0. The van der Waals surface area contributed by atoms with Gasteiger partial charge in [-0.1, -0.05) is 30.3 Å². The summed E-state index contributed by atoms with van der Waals surface area (Å²) in [4.78, 5) is 0. The van der Waals surface area contributed by atoms with Gasteiger partial charge in [-0.2, -0.15) is 0 Å². The molecule has 0 saturated carbocycles. The average Bonchev–Trinajstić information content (AvgIpc) is 2.02. The molecule has 13 heavy (non-hydrogen) atoms. The second-order valence-electron chi connectivity index (χ2n) is 3.80. The highest BCUT2D eigenvalue weighted by atomic mass is 16.3. The third kappa shape index (κ3) is 5.39. The first-order valence-electron chi connectivity index (χ1n) is 4.34. The molecule has 1 aromatic rings. The van der Waals surface area contributed by atoms with Crippen LogP contribution >= 0.6 is 0 Å². The molecule has 1 aromatic carbocycles. The maximum atomic E-state index is 9.48. The van der Waals surface area contributed by atoms with Crippen LogP contribution in [-0.4, -0.2) is 16.2 Å². The lowest BCUT2D eigenvalue weighted by Crippen LogP contribution is -2.19. The molecule has 0 saturated heterocycles. The molecule has 0 aromatic heterocycles. The van der Waals surface area contributed by atoms with Crippen molar-refractivity contribution in [2.45, 2.75) is 32.3 Å². The van der Waals surface area contributed by atoms with Crippen molar-refractivity contribution in [3.05, 3.63) is 35.9 Å². The van der Waals surface area contributed by atoms with Gasteiger partial charge in [0.25, 0.3) is 0 Å². The van der Waals surface area contributed by atoms with E-state index < -0.39 is 5.60 Å². The molecule has 0 spiro atoms. The Bertz CT molecular complexity index is 224. The summed E-state index contributed by atoms with van der Waals surface area (Å²) in [5.41, 5.74) is 0.746. The first kappa shape index (κ1) is 12.1. The van der Waals surface area contributed by atoms with Crippen LogP contribution in [0.5, 0.6) is 0 Å². The van der Waals surface area contributed by atoms with Crippen molar-refractivity contribution in [1.29, 1.82) is 0 Å². The molecule has 2 nitrogen and oxygen atoms in total. The van der Waals surface area contributed by atoms with E-state index in [1.54, 1.807) is 0 Å². The Morgan fingerprint density at radius 1 is 1.15 bits per heavy atom. The standard InChI is InChI=1S/C11H16O.H2O/c1-11(2,12)9-8-10-6-4-3-5-7-10;/h3-7,12H,8-9H2,1-2H3;1H2. The van der Waals surface area contributed by atoms with E-state index in [0.29, 0.717) is 0 Å². The van der Waals surface area contributed by atoms with E-state index in [9.17, 15) is 5.11 Å². The molecular formula is C11H18O2. The zero-order chi connectivity index (χ0) is 9.03. The molecule has 0 heterocycles. The van der Waals surface area contributed by atoms with Gasteiger partial charge < -0.3 is 10.6 Å². The van der Waals surface area contributed by atoms with E-state index in [2.05, 4.69) is 12.1 Å². The van der Waals surface area contributed by atoms with E-state index >= 15 is 0 Å². The van der Waals surface area contributed by atoms with Crippen LogP contribution in [-0.2, 0) is 6.42 Å². The zero-order valence-corrected chi connectivity index (χ0v) is 8.25. The van der Waals surface area contributed by atoms with E-state index in [-0.39, 0.29) is 5.48 Å². The molecule has 0 unspecified atom stereocenters. The highest BCUT2D eigenvalue weighted by Gasteiger charge is 2.11. The van der Waals surface area contributed by atoms with E-state index in [4.69, 9.17) is 0 Å². The third-order valence-electron chi connectivity index (χ3n) is 1.87. The Hall–Kier alpha value is -0.860. The van der Waals surface area contributed by atoms with Gasteiger partial charge in [0.15, 0.2) is 0 Å². The summed E-state index contributed by atoms with van der Waals surface area (Å²) in [6.45, 7) is 3.69. The number of hydrogen-bond acceptors (Lipinski definition) is 1. The Balaban J connectivity index is 0.00000144. The first-order chi connectivity index (χ1) is 5.58. The van der Waals surface area contributed by atoms with Crippen molar-refractivity contribution in [3.63, 3.8) is 0 Å². The number of aryl methyl sites for hydroxylation is 1. The largest absolute Gasteiger partial charge is 0.412 e. The highest BCUT2D eigenvalue weighted by Crippen LogP contribution is 2.12. The van der Waals surface area contributed by atoms with Crippen LogP contribution < -0.4 is 0 Å². The predicted molar refractivity (Wildman–Crippen MR) is 54.7 cm³/mol. The van der Waals surface area contributed by atoms with Gasteiger partial charge in [-0.05, 0) is 32.3 Å². The van der Waals surface area contributed by atoms with Gasteiger partial charge >= 0.3 is 0 Å². The topological polar surface area (TPSA) is 51.7 Å². The normalized spacial score (nSPS) is 10.7. The molecule has 0 atom stereocenters. The van der Waals surface area contributed by atoms with Crippen LogP contribution in [0.1, 0.15) is 25.8 Å². The number of benzene rings is 1. The molecular weight excluding hydrogens is 164 g/mol. The summed E-state index contributed by atoms with van der Waals surface area (Å²) in [5.74, 6) is 0. The minimum Gasteiger partial charge on any atom is -0.412 e. The smallest absolute Gasteiger partial charge is 0.0594 e. The molecule has 0 aliphatic rings. The number of hydrogen-bond donors (Lipinski definition) is 1. The summed E-state index contributed by atoms with van der Waals surface area (Å²) in [7, 11) is 0. The van der Waals surface area contributed by atoms with Gasteiger partial charge in [0.2, 0.25) is 0 Å². The molecule has 2 heteroatoms. The lowest BCUT2D eigenvalue weighted by Gasteiger charge is -2.16. The van der Waals surface area contributed by atoms with Crippen LogP contribution in [0.25, 0.3) is 0 Å². The summed E-state index contributed by atoms with van der Waals surface area (Å²) in [5, 5.41) is 9.48. The van der Waals surface area contributed by atoms with E-state index in [1.165, 1.54) is 5.56 Å². The maximum absolute atomic E-state index is 9.48. The van der Waals surface area contributed by atoms with Crippen molar-refractivity contribution in [2.24, 2.45) is 0 Å². The molecule has 74 valence electrons. The Kier molecular flexibility index (Phi) is 4.67. The summed E-state index contributed by atoms with van der Waals surface area (Å²) in [6.07, 6.45) is 1.77. The highest BCUT2D eigenvalue weighted by molar-refractivity contribution is 5.14. The van der Waals surface area contributed by atoms with Crippen molar-refractivity contribution in [3.8, 4) is 0 Å². The molecule has 0 fully saturated rings. The van der Waals surface area contributed by atoms with Gasteiger partial charge in [0.1, 0.15) is 0 Å². The lowest BCUT2D eigenvalue weighted by molar-refractivity contribution is 0.0714. The SMILES string of the molecule is CC(C)(O)CCc1ccccc1.O. The van der Waals surface area contributed by atoms with Gasteiger partial charge in [0.05, 0.1) is 5.60 Å². The Labute approximate surface area is 79.5 Å². The minimum atomic E-state index is -0.546. The lowest BCUT2D eigenvalue weighted by atomic mass is 9.99. The second kappa shape index (κ2) is 5.00. The first-order valence-corrected chi connectivity index (χ1v) is 4.34. The zero-order valence-electron chi connectivity index (χ0n) is 8.25. The maximum Gasteiger partial charge on any atom is 0.0594 e. The Morgan fingerprint density at radius 3 is 2.15 bits per heavy atom. The van der Waals surface area contributed by atoms with Gasteiger partial charge in [0, 0.05) is 0 Å². The fourth-order valence-electron chi connectivity index (χ4n) is 1.09. The van der Waals surface area contributed by atoms with Gasteiger partial charge in [-0.25, -0.2) is 0 Å². The van der Waals surface area contributed by atoms with Crippen molar-refractivity contribution in [1.82, 2.24) is 0 Å². The van der Waals surface area contributed by atoms with Crippen LogP contribution in [0, 0.1) is 0 Å². The van der Waals surface area contributed by atoms with E-state index in [1.807, 2.05) is 32.0 Å². The van der Waals surface area contributed by atoms with Crippen LogP contribution in [0.3, 0.4) is 0 Å². The molecule has 0 bridgehead atoms. The van der Waals surface area contributed by atoms with Crippen LogP contribution in [0.2, 0.25) is 0 Å². The molecule has 0 aliphatic heterocycles. The number of aliphatic hydroxyl groups is 1. The number of rotatable bonds is 3. The fourth-order valence-corrected chi connectivity index (χ4v) is 1.09. The van der Waals surface area contributed by atoms with Crippen molar-refractivity contribution >= 4 is 0 Å². The predicted octanol–water partition coefficient (Wildman–Crippen LogP) is 1.57. The summed E-state index contributed by atoms with van der Waals surface area (Å²) in [6, 6.07) is 10.2. The van der Waals surface area contributed by atoms with E-state index in [0.717, 1.165) is 12.8 Å². The van der Waals surface area contributed by atoms with Crippen LogP contribution in [0.4, 0.5) is 0 Å². The quantitative estimate of drug-likeness (QED) is 0.757. The van der Waals surface area contributed by atoms with Gasteiger partial charge in [-0.15, -0.1) is 0 Å². The summed E-state index contributed by atoms with van der Waals surface area (Å²) < 4.78 is 0. The molecule has 0 aliphatic carbocycles.